The minimum Gasteiger partial charge on any atom is -0.456 e. The minimum atomic E-state index is 0.603. The Bertz CT molecular complexity index is 6300. The molecule has 0 aliphatic heterocycles. The third-order valence-corrected chi connectivity index (χ3v) is 20.8. The summed E-state index contributed by atoms with van der Waals surface area (Å²) in [5.74, 6) is 1.43. The average Bonchev–Trinajstić information content (AvgIpc) is 1.61. The number of rotatable bonds is 7. The number of hydrogen-bond acceptors (Lipinski definition) is 6. The molecule has 418 valence electrons. The van der Waals surface area contributed by atoms with Crippen LogP contribution in [-0.2, 0) is 0 Å². The molecule has 0 atom stereocenters. The minimum absolute atomic E-state index is 0.603. The summed E-state index contributed by atoms with van der Waals surface area (Å²) in [7, 11) is 0. The van der Waals surface area contributed by atoms with Crippen LogP contribution in [0.3, 0.4) is 0 Å². The van der Waals surface area contributed by atoms with Crippen molar-refractivity contribution in [2.24, 2.45) is 0 Å². The van der Waals surface area contributed by atoms with Gasteiger partial charge in [0.1, 0.15) is 17.0 Å². The molecule has 0 aliphatic carbocycles. The number of thiophene rings is 2. The van der Waals surface area contributed by atoms with Gasteiger partial charge in [-0.25, -0.2) is 15.0 Å². The standard InChI is InChI=1S/C81H46N6OS2/c1-2-15-47(16-3-1)48-30-37-72-60(41-48)61-45-52(33-38-73(61)88-72)85-67-23-9-5-18-54(67)59-42-49(29-35-70(59)85)64-22-14-28-78(82-64)87-68-24-10-4-17-53(68)57-34-36-71-79(80(57)87)58-21-6-11-25-69(58)86(71)81-83-65(50-31-39-76-62(43-50)55-19-7-12-26-74(55)89-76)46-66(84-81)51-32-40-77-63(44-51)56-20-8-13-27-75(56)90-77/h1-46H. The van der Waals surface area contributed by atoms with Crippen LogP contribution < -0.4 is 0 Å². The molecule has 0 aliphatic rings. The van der Waals surface area contributed by atoms with Crippen LogP contribution in [0.5, 0.6) is 0 Å². The van der Waals surface area contributed by atoms with E-state index in [-0.39, 0.29) is 0 Å². The van der Waals surface area contributed by atoms with Gasteiger partial charge < -0.3 is 8.98 Å². The Morgan fingerprint density at radius 1 is 0.267 bits per heavy atom. The third kappa shape index (κ3) is 7.36. The number of benzene rings is 12. The lowest BCUT2D eigenvalue weighted by Crippen LogP contribution is -2.04. The smallest absolute Gasteiger partial charge is 0.235 e. The van der Waals surface area contributed by atoms with Crippen LogP contribution in [0.2, 0.25) is 0 Å². The summed E-state index contributed by atoms with van der Waals surface area (Å²) in [6, 6.07) is 101. The van der Waals surface area contributed by atoms with Crippen LogP contribution in [0.15, 0.2) is 283 Å². The van der Waals surface area contributed by atoms with Crippen molar-refractivity contribution in [2.75, 3.05) is 0 Å². The van der Waals surface area contributed by atoms with Gasteiger partial charge in [0.25, 0.3) is 0 Å². The lowest BCUT2D eigenvalue weighted by molar-refractivity contribution is 0.669. The number of aromatic nitrogens is 6. The molecule has 0 N–H and O–H groups in total. The predicted octanol–water partition coefficient (Wildman–Crippen LogP) is 22.5. The van der Waals surface area contributed by atoms with E-state index in [2.05, 4.69) is 293 Å². The van der Waals surface area contributed by atoms with Gasteiger partial charge in [-0.3, -0.25) is 9.13 Å². The summed E-state index contributed by atoms with van der Waals surface area (Å²) in [5, 5.41) is 14.0. The zero-order chi connectivity index (χ0) is 58.7. The fourth-order valence-corrected chi connectivity index (χ4v) is 16.6. The van der Waals surface area contributed by atoms with Gasteiger partial charge in [-0.15, -0.1) is 22.7 Å². The van der Waals surface area contributed by atoms with Gasteiger partial charge in [0.2, 0.25) is 5.95 Å². The third-order valence-electron chi connectivity index (χ3n) is 18.5. The Labute approximate surface area is 521 Å². The topological polar surface area (TPSA) is 66.6 Å². The molecule has 0 amide bonds. The molecule has 0 fully saturated rings. The number of nitrogens with zero attached hydrogens (tertiary/aromatic N) is 6. The van der Waals surface area contributed by atoms with Gasteiger partial charge in [-0.1, -0.05) is 158 Å². The number of pyridine rings is 1. The van der Waals surface area contributed by atoms with E-state index in [1.807, 2.05) is 22.7 Å². The Kier molecular flexibility index (Phi) is 10.5. The summed E-state index contributed by atoms with van der Waals surface area (Å²) in [6.07, 6.45) is 0. The first-order valence-corrected chi connectivity index (χ1v) is 31.9. The molecule has 8 aromatic heterocycles. The van der Waals surface area contributed by atoms with Gasteiger partial charge in [0, 0.05) is 106 Å². The Morgan fingerprint density at radius 2 is 0.778 bits per heavy atom. The zero-order valence-corrected chi connectivity index (χ0v) is 49.6. The molecule has 20 rings (SSSR count). The molecular weight excluding hydrogens is 1140 g/mol. The maximum atomic E-state index is 6.44. The second-order valence-corrected chi connectivity index (χ2v) is 25.6. The highest BCUT2D eigenvalue weighted by Crippen LogP contribution is 2.45. The molecule has 8 heterocycles. The molecule has 0 saturated heterocycles. The quantitative estimate of drug-likeness (QED) is 0.159. The molecule has 0 radical (unpaired) electrons. The summed E-state index contributed by atoms with van der Waals surface area (Å²) < 4.78 is 18.5. The van der Waals surface area contributed by atoms with E-state index in [0.29, 0.717) is 5.95 Å². The molecule has 7 nitrogen and oxygen atoms in total. The number of hydrogen-bond donors (Lipinski definition) is 0. The predicted molar refractivity (Wildman–Crippen MR) is 378 cm³/mol. The van der Waals surface area contributed by atoms with Crippen molar-refractivity contribution in [2.45, 2.75) is 0 Å². The summed E-state index contributed by atoms with van der Waals surface area (Å²) >= 11 is 3.66. The van der Waals surface area contributed by atoms with Crippen molar-refractivity contribution >= 4 is 150 Å². The summed E-state index contributed by atoms with van der Waals surface area (Å²) in [6.45, 7) is 0. The molecule has 90 heavy (non-hydrogen) atoms. The van der Waals surface area contributed by atoms with Crippen LogP contribution in [0.25, 0.3) is 190 Å². The molecule has 12 aromatic carbocycles. The van der Waals surface area contributed by atoms with E-state index in [0.717, 1.165) is 133 Å². The molecule has 0 saturated carbocycles. The molecular formula is C81H46N6OS2. The summed E-state index contributed by atoms with van der Waals surface area (Å²) in [4.78, 5) is 16.9. The second-order valence-electron chi connectivity index (χ2n) is 23.4. The van der Waals surface area contributed by atoms with Crippen LogP contribution in [0.1, 0.15) is 0 Å². The van der Waals surface area contributed by atoms with E-state index in [1.165, 1.54) is 51.3 Å². The molecule has 20 aromatic rings. The van der Waals surface area contributed by atoms with E-state index >= 15 is 0 Å². The van der Waals surface area contributed by atoms with Gasteiger partial charge >= 0.3 is 0 Å². The SMILES string of the molecule is c1ccc(-c2ccc3oc4ccc(-n5c6ccccc6c6cc(-c7cccc(-n8c9ccccc9c9ccc%10c(c%11ccccc%11n%10-c%10nc(-c%11ccc%12sc%13ccccc%13c%12c%11)cc(-c%11ccc%12sc%13ccccc%13c%12c%11)n%10)c98)n7)ccc65)cc4c3c2)cc1. The molecule has 0 bridgehead atoms. The fourth-order valence-electron chi connectivity index (χ4n) is 14.4. The highest BCUT2D eigenvalue weighted by Gasteiger charge is 2.25. The van der Waals surface area contributed by atoms with Crippen molar-refractivity contribution in [3.63, 3.8) is 0 Å². The first-order chi connectivity index (χ1) is 44.6. The van der Waals surface area contributed by atoms with Crippen LogP contribution in [0.4, 0.5) is 0 Å². The Hall–Kier alpha value is -11.5. The van der Waals surface area contributed by atoms with Crippen molar-refractivity contribution in [1.29, 1.82) is 0 Å². The van der Waals surface area contributed by atoms with Crippen molar-refractivity contribution in [1.82, 2.24) is 28.7 Å². The van der Waals surface area contributed by atoms with Crippen LogP contribution in [0, 0.1) is 0 Å². The lowest BCUT2D eigenvalue weighted by atomic mass is 10.0. The van der Waals surface area contributed by atoms with E-state index in [1.54, 1.807) is 0 Å². The first-order valence-electron chi connectivity index (χ1n) is 30.3. The number of furan rings is 1. The van der Waals surface area contributed by atoms with Crippen molar-refractivity contribution < 1.29 is 4.42 Å². The summed E-state index contributed by atoms with van der Waals surface area (Å²) in [5.41, 5.74) is 17.3. The zero-order valence-electron chi connectivity index (χ0n) is 48.0. The van der Waals surface area contributed by atoms with Gasteiger partial charge in [-0.05, 0) is 132 Å². The van der Waals surface area contributed by atoms with E-state index in [4.69, 9.17) is 19.4 Å². The molecule has 9 heteroatoms. The maximum Gasteiger partial charge on any atom is 0.235 e. The largest absolute Gasteiger partial charge is 0.456 e. The average molecular weight is 1180 g/mol. The second kappa shape index (κ2) is 19.0. The van der Waals surface area contributed by atoms with Gasteiger partial charge in [0.15, 0.2) is 0 Å². The number of fused-ring (bicyclic) bond motifs is 19. The number of para-hydroxylation sites is 3. The monoisotopic (exact) mass is 1180 g/mol. The van der Waals surface area contributed by atoms with E-state index in [9.17, 15) is 0 Å². The van der Waals surface area contributed by atoms with Crippen molar-refractivity contribution in [3.8, 4) is 62.4 Å². The Morgan fingerprint density at radius 3 is 1.49 bits per heavy atom. The van der Waals surface area contributed by atoms with Gasteiger partial charge in [0.05, 0.1) is 50.2 Å². The Balaban J connectivity index is 0.760. The molecule has 0 spiro atoms. The van der Waals surface area contributed by atoms with Crippen LogP contribution >= 0.6 is 22.7 Å². The maximum absolute atomic E-state index is 6.44. The van der Waals surface area contributed by atoms with Gasteiger partial charge in [-0.2, -0.15) is 0 Å². The highest BCUT2D eigenvalue weighted by molar-refractivity contribution is 7.26. The highest BCUT2D eigenvalue weighted by atomic mass is 32.1. The lowest BCUT2D eigenvalue weighted by Gasteiger charge is -2.13. The van der Waals surface area contributed by atoms with Crippen LogP contribution in [-0.4, -0.2) is 28.7 Å². The normalized spacial score (nSPS) is 12.2. The fraction of sp³-hybridized carbons (Fsp3) is 0. The molecule has 0 unspecified atom stereocenters. The first kappa shape index (κ1) is 49.6. The van der Waals surface area contributed by atoms with E-state index < -0.39 is 0 Å². The van der Waals surface area contributed by atoms with Crippen molar-refractivity contribution in [3.05, 3.63) is 279 Å².